The fraction of sp³-hybridized carbons (Fsp3) is 0. The Hall–Kier alpha value is -0.126. The molecule has 0 aliphatic heterocycles. The molecule has 0 spiro atoms. The van der Waals surface area contributed by atoms with Gasteiger partial charge in [0.2, 0.25) is 0 Å². The standard InChI is InChI=1S/CO2.Ni/c2-1-3;/q;+2. The third-order valence-corrected chi connectivity index (χ3v) is 0. The number of carbonyl (C=O) groups excluding carboxylic acids is 2. The van der Waals surface area contributed by atoms with E-state index in [2.05, 4.69) is 0 Å². The van der Waals surface area contributed by atoms with E-state index < -0.39 is 0 Å². The van der Waals surface area contributed by atoms with E-state index in [9.17, 15) is 0 Å². The van der Waals surface area contributed by atoms with Crippen LogP contribution in [0.5, 0.6) is 0 Å². The summed E-state index contributed by atoms with van der Waals surface area (Å²) < 4.78 is 0. The van der Waals surface area contributed by atoms with Crippen LogP contribution in [0.2, 0.25) is 0 Å². The fourth-order valence-corrected chi connectivity index (χ4v) is 0. The Morgan fingerprint density at radius 1 is 1.25 bits per heavy atom. The molecule has 0 unspecified atom stereocenters. The molecule has 0 aromatic heterocycles. The first-order valence-corrected chi connectivity index (χ1v) is 0.408. The molecule has 3 heteroatoms. The van der Waals surface area contributed by atoms with Crippen LogP contribution in [0.3, 0.4) is 0 Å². The van der Waals surface area contributed by atoms with Gasteiger partial charge in [-0.05, 0) is 0 Å². The minimum Gasteiger partial charge on any atom is -0.186 e. The van der Waals surface area contributed by atoms with Crippen molar-refractivity contribution in [3.8, 4) is 0 Å². The number of hydrogen-bond acceptors (Lipinski definition) is 2. The molecule has 0 aromatic rings. The van der Waals surface area contributed by atoms with Gasteiger partial charge in [0.15, 0.2) is 0 Å². The summed E-state index contributed by atoms with van der Waals surface area (Å²) in [6.07, 6.45) is 0.250. The summed E-state index contributed by atoms with van der Waals surface area (Å²) in [4.78, 5) is 16.2. The molecule has 0 aliphatic rings. The van der Waals surface area contributed by atoms with E-state index in [-0.39, 0.29) is 22.6 Å². The van der Waals surface area contributed by atoms with Crippen molar-refractivity contribution in [2.75, 3.05) is 0 Å². The molecule has 0 saturated heterocycles. The molecule has 2 nitrogen and oxygen atoms in total. The Morgan fingerprint density at radius 2 is 1.25 bits per heavy atom. The Balaban J connectivity index is 0. The van der Waals surface area contributed by atoms with Crippen molar-refractivity contribution in [3.63, 3.8) is 0 Å². The molecule has 0 saturated carbocycles. The van der Waals surface area contributed by atoms with Gasteiger partial charge in [-0.2, -0.15) is 9.59 Å². The molecular formula is CNiO2+2. The number of rotatable bonds is 0. The summed E-state index contributed by atoms with van der Waals surface area (Å²) in [7, 11) is 0. The van der Waals surface area contributed by atoms with Gasteiger partial charge >= 0.3 is 22.6 Å². The van der Waals surface area contributed by atoms with Crippen molar-refractivity contribution in [3.05, 3.63) is 0 Å². The average Bonchev–Trinajstić information content (AvgIpc) is 0.918. The third-order valence-electron chi connectivity index (χ3n) is 0. The third kappa shape index (κ3) is 89.3. The van der Waals surface area contributed by atoms with Gasteiger partial charge < -0.3 is 0 Å². The van der Waals surface area contributed by atoms with E-state index in [0.29, 0.717) is 0 Å². The minimum absolute atomic E-state index is 0. The molecule has 0 amide bonds. The maximum absolute atomic E-state index is 8.12. The minimum atomic E-state index is 0. The van der Waals surface area contributed by atoms with E-state index >= 15 is 0 Å². The second-order valence-electron chi connectivity index (χ2n) is 0.0833. The quantitative estimate of drug-likeness (QED) is 0.384. The summed E-state index contributed by atoms with van der Waals surface area (Å²) in [5, 5.41) is 0. The zero-order chi connectivity index (χ0) is 2.71. The summed E-state index contributed by atoms with van der Waals surface area (Å²) in [5.74, 6) is 0. The Morgan fingerprint density at radius 3 is 1.25 bits per heavy atom. The second kappa shape index (κ2) is 13.2. The van der Waals surface area contributed by atoms with Crippen molar-refractivity contribution in [2.24, 2.45) is 0 Å². The zero-order valence-electron chi connectivity index (χ0n) is 1.63. The van der Waals surface area contributed by atoms with Gasteiger partial charge in [-0.15, -0.1) is 0 Å². The van der Waals surface area contributed by atoms with Crippen LogP contribution >= 0.6 is 0 Å². The predicted octanol–water partition coefficient (Wildman–Crippen LogP) is -0.586. The molecule has 0 N–H and O–H groups in total. The van der Waals surface area contributed by atoms with Crippen LogP contribution in [-0.4, -0.2) is 6.15 Å². The molecule has 0 radical (unpaired) electrons. The molecule has 0 aromatic carbocycles. The smallest absolute Gasteiger partial charge is 0.186 e. The van der Waals surface area contributed by atoms with Gasteiger partial charge in [0.1, 0.15) is 0 Å². The van der Waals surface area contributed by atoms with E-state index in [1.807, 2.05) is 0 Å². The number of hydrogen-bond donors (Lipinski definition) is 0. The SMILES string of the molecule is O=C=O.[Ni+2]. The molecule has 4 heavy (non-hydrogen) atoms. The van der Waals surface area contributed by atoms with Crippen LogP contribution < -0.4 is 0 Å². The maximum atomic E-state index is 8.12. The maximum Gasteiger partial charge on any atom is 2.00 e. The second-order valence-corrected chi connectivity index (χ2v) is 0.0833. The van der Waals surface area contributed by atoms with Crippen molar-refractivity contribution in [1.82, 2.24) is 0 Å². The van der Waals surface area contributed by atoms with Crippen LogP contribution in [0.25, 0.3) is 0 Å². The van der Waals surface area contributed by atoms with Crippen LogP contribution in [0.15, 0.2) is 0 Å². The molecular weight excluding hydrogens is 103 g/mol. The fourth-order valence-electron chi connectivity index (χ4n) is 0. The van der Waals surface area contributed by atoms with Gasteiger partial charge in [0, 0.05) is 0 Å². The van der Waals surface area contributed by atoms with Crippen molar-refractivity contribution < 1.29 is 26.1 Å². The summed E-state index contributed by atoms with van der Waals surface area (Å²) in [6, 6.07) is 0. The first-order chi connectivity index (χ1) is 1.41. The van der Waals surface area contributed by atoms with E-state index in [1.165, 1.54) is 0 Å². The van der Waals surface area contributed by atoms with Gasteiger partial charge in [-0.1, -0.05) is 0 Å². The van der Waals surface area contributed by atoms with Crippen LogP contribution in [0.4, 0.5) is 0 Å². The van der Waals surface area contributed by atoms with Crippen molar-refractivity contribution in [2.45, 2.75) is 0 Å². The summed E-state index contributed by atoms with van der Waals surface area (Å²) >= 11 is 0. The van der Waals surface area contributed by atoms with E-state index in [1.54, 1.807) is 0 Å². The molecule has 0 bridgehead atoms. The van der Waals surface area contributed by atoms with Crippen molar-refractivity contribution in [1.29, 1.82) is 0 Å². The Kier molecular flexibility index (Phi) is 30.1. The average molecular weight is 103 g/mol. The van der Waals surface area contributed by atoms with E-state index in [4.69, 9.17) is 9.59 Å². The van der Waals surface area contributed by atoms with E-state index in [0.717, 1.165) is 0 Å². The zero-order valence-corrected chi connectivity index (χ0v) is 2.62. The summed E-state index contributed by atoms with van der Waals surface area (Å²) in [6.45, 7) is 0. The molecule has 0 rings (SSSR count). The first kappa shape index (κ1) is 9.11. The van der Waals surface area contributed by atoms with Crippen molar-refractivity contribution >= 4 is 6.15 Å². The van der Waals surface area contributed by atoms with Crippen LogP contribution in [0.1, 0.15) is 0 Å². The van der Waals surface area contributed by atoms with Gasteiger partial charge in [0.05, 0.1) is 0 Å². The van der Waals surface area contributed by atoms with Crippen LogP contribution in [0, 0.1) is 0 Å². The molecule has 0 fully saturated rings. The normalized spacial score (nSPS) is 2.00. The first-order valence-electron chi connectivity index (χ1n) is 0.408. The molecule has 24 valence electrons. The Labute approximate surface area is 33.1 Å². The molecule has 0 aliphatic carbocycles. The van der Waals surface area contributed by atoms with Gasteiger partial charge in [-0.3, -0.25) is 0 Å². The molecule has 0 heterocycles. The van der Waals surface area contributed by atoms with Crippen LogP contribution in [-0.2, 0) is 26.1 Å². The summed E-state index contributed by atoms with van der Waals surface area (Å²) in [5.41, 5.74) is 0. The predicted molar refractivity (Wildman–Crippen MR) is 5.01 cm³/mol. The van der Waals surface area contributed by atoms with Gasteiger partial charge in [-0.25, -0.2) is 0 Å². The molecule has 0 atom stereocenters. The monoisotopic (exact) mass is 102 g/mol. The topological polar surface area (TPSA) is 34.1 Å². The largest absolute Gasteiger partial charge is 2.00 e. The van der Waals surface area contributed by atoms with Gasteiger partial charge in [0.25, 0.3) is 0 Å². The Bertz CT molecular complexity index is 27.0.